The summed E-state index contributed by atoms with van der Waals surface area (Å²) < 4.78 is 11.1. The highest BCUT2D eigenvalue weighted by atomic mass is 16.5. The van der Waals surface area contributed by atoms with Crippen LogP contribution in [0.2, 0.25) is 0 Å². The van der Waals surface area contributed by atoms with Crippen LogP contribution in [-0.4, -0.2) is 18.8 Å². The molecule has 4 unspecified atom stereocenters. The number of hydrogen-bond acceptors (Lipinski definition) is 3. The fraction of sp³-hybridized carbons (Fsp3) is 0.692. The third kappa shape index (κ3) is 1.68. The number of rotatable bonds is 4. The molecule has 0 saturated carbocycles. The van der Waals surface area contributed by atoms with Gasteiger partial charge in [0.15, 0.2) is 0 Å². The zero-order valence-electron chi connectivity index (χ0n) is 9.69. The lowest BCUT2D eigenvalue weighted by atomic mass is 9.81. The largest absolute Gasteiger partial charge is 0.472 e. The van der Waals surface area contributed by atoms with Crippen molar-refractivity contribution >= 4 is 0 Å². The molecule has 2 fully saturated rings. The predicted molar refractivity (Wildman–Crippen MR) is 61.1 cm³/mol. The topological polar surface area (TPSA) is 34.4 Å². The van der Waals surface area contributed by atoms with E-state index in [1.54, 1.807) is 6.26 Å². The van der Waals surface area contributed by atoms with Gasteiger partial charge >= 0.3 is 0 Å². The van der Waals surface area contributed by atoms with E-state index in [9.17, 15) is 0 Å². The smallest absolute Gasteiger partial charge is 0.0950 e. The average Bonchev–Trinajstić information content (AvgIpc) is 3.01. The Morgan fingerprint density at radius 1 is 1.50 bits per heavy atom. The fourth-order valence-electron chi connectivity index (χ4n) is 3.22. The summed E-state index contributed by atoms with van der Waals surface area (Å²) in [7, 11) is 0. The molecule has 1 aromatic rings. The molecule has 3 nitrogen and oxygen atoms in total. The average molecular weight is 221 g/mol. The van der Waals surface area contributed by atoms with Crippen LogP contribution >= 0.6 is 0 Å². The molecule has 3 heterocycles. The molecular formula is C13H19NO2. The SMILES string of the molecule is CCNC(c1ccoc1)C1CC2CCC1O2. The molecule has 2 saturated heterocycles. The Hall–Kier alpha value is -0.800. The molecule has 2 aliphatic rings. The van der Waals surface area contributed by atoms with Crippen LogP contribution in [0.4, 0.5) is 0 Å². The Morgan fingerprint density at radius 3 is 3.00 bits per heavy atom. The molecule has 2 aliphatic heterocycles. The van der Waals surface area contributed by atoms with Crippen molar-refractivity contribution in [1.82, 2.24) is 5.32 Å². The minimum atomic E-state index is 0.402. The van der Waals surface area contributed by atoms with Crippen LogP contribution in [0.15, 0.2) is 23.0 Å². The zero-order valence-corrected chi connectivity index (χ0v) is 9.69. The summed E-state index contributed by atoms with van der Waals surface area (Å²) in [6.07, 6.45) is 8.29. The van der Waals surface area contributed by atoms with E-state index < -0.39 is 0 Å². The molecule has 3 rings (SSSR count). The van der Waals surface area contributed by atoms with Crippen LogP contribution in [0, 0.1) is 5.92 Å². The summed E-state index contributed by atoms with van der Waals surface area (Å²) >= 11 is 0. The van der Waals surface area contributed by atoms with Crippen molar-refractivity contribution in [3.05, 3.63) is 24.2 Å². The van der Waals surface area contributed by atoms with Gasteiger partial charge in [-0.15, -0.1) is 0 Å². The second kappa shape index (κ2) is 4.22. The molecule has 88 valence electrons. The standard InChI is InChI=1S/C13H19NO2/c1-2-14-13(9-5-6-15-8-9)11-7-10-3-4-12(11)16-10/h5-6,8,10-14H,2-4,7H2,1H3. The first-order valence-electron chi connectivity index (χ1n) is 6.29. The van der Waals surface area contributed by atoms with E-state index >= 15 is 0 Å². The van der Waals surface area contributed by atoms with Gasteiger partial charge in [0.2, 0.25) is 0 Å². The minimum absolute atomic E-state index is 0.402. The molecule has 1 N–H and O–H groups in total. The van der Waals surface area contributed by atoms with Gasteiger partial charge in [-0.1, -0.05) is 6.92 Å². The van der Waals surface area contributed by atoms with Crippen LogP contribution in [0.25, 0.3) is 0 Å². The van der Waals surface area contributed by atoms with Gasteiger partial charge in [-0.05, 0) is 31.9 Å². The van der Waals surface area contributed by atoms with Crippen molar-refractivity contribution in [3.63, 3.8) is 0 Å². The lowest BCUT2D eigenvalue weighted by molar-refractivity contribution is 0.0858. The fourth-order valence-corrected chi connectivity index (χ4v) is 3.22. The highest BCUT2D eigenvalue weighted by Crippen LogP contribution is 2.44. The van der Waals surface area contributed by atoms with Gasteiger partial charge in [0.25, 0.3) is 0 Å². The van der Waals surface area contributed by atoms with Crippen molar-refractivity contribution in [2.45, 2.75) is 44.4 Å². The van der Waals surface area contributed by atoms with E-state index in [1.807, 2.05) is 6.26 Å². The van der Waals surface area contributed by atoms with Crippen molar-refractivity contribution < 1.29 is 9.15 Å². The first kappa shape index (κ1) is 10.4. The van der Waals surface area contributed by atoms with Crippen LogP contribution in [0.5, 0.6) is 0 Å². The first-order valence-corrected chi connectivity index (χ1v) is 6.29. The molecule has 0 aliphatic carbocycles. The van der Waals surface area contributed by atoms with E-state index in [2.05, 4.69) is 18.3 Å². The van der Waals surface area contributed by atoms with Crippen molar-refractivity contribution in [1.29, 1.82) is 0 Å². The summed E-state index contributed by atoms with van der Waals surface area (Å²) in [5.74, 6) is 0.622. The Kier molecular flexibility index (Phi) is 2.74. The Morgan fingerprint density at radius 2 is 2.44 bits per heavy atom. The van der Waals surface area contributed by atoms with E-state index in [4.69, 9.17) is 9.15 Å². The van der Waals surface area contributed by atoms with Gasteiger partial charge in [0, 0.05) is 17.5 Å². The Labute approximate surface area is 96.2 Å². The molecule has 2 bridgehead atoms. The van der Waals surface area contributed by atoms with Crippen molar-refractivity contribution in [2.24, 2.45) is 5.92 Å². The second-order valence-electron chi connectivity index (χ2n) is 4.87. The van der Waals surface area contributed by atoms with Gasteiger partial charge in [-0.2, -0.15) is 0 Å². The van der Waals surface area contributed by atoms with Crippen molar-refractivity contribution in [3.8, 4) is 0 Å². The number of nitrogens with one attached hydrogen (secondary N) is 1. The van der Waals surface area contributed by atoms with Gasteiger partial charge in [0.1, 0.15) is 0 Å². The number of hydrogen-bond donors (Lipinski definition) is 1. The van der Waals surface area contributed by atoms with E-state index in [-0.39, 0.29) is 0 Å². The normalized spacial score (nSPS) is 34.4. The number of furan rings is 1. The minimum Gasteiger partial charge on any atom is -0.472 e. The first-order chi connectivity index (χ1) is 7.88. The molecule has 0 aromatic carbocycles. The molecule has 1 aromatic heterocycles. The molecule has 4 atom stereocenters. The highest BCUT2D eigenvalue weighted by molar-refractivity contribution is 5.15. The third-order valence-electron chi connectivity index (χ3n) is 3.91. The summed E-state index contributed by atoms with van der Waals surface area (Å²) in [5.41, 5.74) is 1.27. The van der Waals surface area contributed by atoms with E-state index in [0.29, 0.717) is 24.2 Å². The molecule has 0 radical (unpaired) electrons. The van der Waals surface area contributed by atoms with E-state index in [0.717, 1.165) is 6.54 Å². The van der Waals surface area contributed by atoms with Crippen LogP contribution < -0.4 is 5.32 Å². The van der Waals surface area contributed by atoms with Gasteiger partial charge in [0.05, 0.1) is 24.7 Å². The maximum absolute atomic E-state index is 5.94. The zero-order chi connectivity index (χ0) is 11.0. The number of fused-ring (bicyclic) bond motifs is 2. The molecule has 0 amide bonds. The summed E-state index contributed by atoms with van der Waals surface area (Å²) in [4.78, 5) is 0. The Bertz CT molecular complexity index is 336. The Balaban J connectivity index is 1.78. The van der Waals surface area contributed by atoms with Crippen molar-refractivity contribution in [2.75, 3.05) is 6.54 Å². The lowest BCUT2D eigenvalue weighted by Gasteiger charge is -2.28. The van der Waals surface area contributed by atoms with Gasteiger partial charge in [-0.25, -0.2) is 0 Å². The van der Waals surface area contributed by atoms with E-state index in [1.165, 1.54) is 24.8 Å². The quantitative estimate of drug-likeness (QED) is 0.848. The molecule has 0 spiro atoms. The van der Waals surface area contributed by atoms with Crippen LogP contribution in [0.1, 0.15) is 37.8 Å². The molecular weight excluding hydrogens is 202 g/mol. The number of ether oxygens (including phenoxy) is 1. The monoisotopic (exact) mass is 221 g/mol. The summed E-state index contributed by atoms with van der Waals surface area (Å²) in [6, 6.07) is 2.47. The van der Waals surface area contributed by atoms with Gasteiger partial charge < -0.3 is 14.5 Å². The summed E-state index contributed by atoms with van der Waals surface area (Å²) in [6.45, 7) is 3.14. The molecule has 16 heavy (non-hydrogen) atoms. The second-order valence-corrected chi connectivity index (χ2v) is 4.87. The highest BCUT2D eigenvalue weighted by Gasteiger charge is 2.44. The summed E-state index contributed by atoms with van der Waals surface area (Å²) in [5, 5.41) is 3.57. The molecule has 3 heteroatoms. The predicted octanol–water partition coefficient (Wildman–Crippen LogP) is 2.50. The van der Waals surface area contributed by atoms with Crippen LogP contribution in [0.3, 0.4) is 0 Å². The maximum Gasteiger partial charge on any atom is 0.0950 e. The lowest BCUT2D eigenvalue weighted by Crippen LogP contribution is -2.33. The van der Waals surface area contributed by atoms with Crippen LogP contribution in [-0.2, 0) is 4.74 Å². The van der Waals surface area contributed by atoms with Gasteiger partial charge in [-0.3, -0.25) is 0 Å². The third-order valence-corrected chi connectivity index (χ3v) is 3.91. The maximum atomic E-state index is 5.94.